The second kappa shape index (κ2) is 3.60. The minimum atomic E-state index is -4.42. The van der Waals surface area contributed by atoms with E-state index in [1.54, 1.807) is 4.72 Å². The van der Waals surface area contributed by atoms with Gasteiger partial charge in [0, 0.05) is 4.47 Å². The number of hydrogen-bond acceptors (Lipinski definition) is 2. The van der Waals surface area contributed by atoms with Crippen molar-refractivity contribution in [2.45, 2.75) is 0 Å². The van der Waals surface area contributed by atoms with E-state index >= 15 is 0 Å². The lowest BCUT2D eigenvalue weighted by Crippen LogP contribution is -2.11. The van der Waals surface area contributed by atoms with E-state index in [0.29, 0.717) is 4.47 Å². The molecule has 0 unspecified atom stereocenters. The van der Waals surface area contributed by atoms with Crippen molar-refractivity contribution in [3.05, 3.63) is 28.5 Å². The van der Waals surface area contributed by atoms with Gasteiger partial charge in [-0.3, -0.25) is 9.27 Å². The van der Waals surface area contributed by atoms with Crippen molar-refractivity contribution in [3.63, 3.8) is 0 Å². The van der Waals surface area contributed by atoms with Gasteiger partial charge in [-0.25, -0.2) is 4.39 Å². The Morgan fingerprint density at radius 1 is 1.46 bits per heavy atom. The molecule has 1 rings (SSSR count). The quantitative estimate of drug-likeness (QED) is 0.805. The molecule has 0 amide bonds. The summed E-state index contributed by atoms with van der Waals surface area (Å²) in [5, 5.41) is 0. The van der Waals surface area contributed by atoms with Crippen molar-refractivity contribution in [3.8, 4) is 0 Å². The fraction of sp³-hybridized carbons (Fsp3) is 0. The summed E-state index contributed by atoms with van der Waals surface area (Å²) >= 11 is 3.00. The molecule has 1 aromatic rings. The Labute approximate surface area is 82.8 Å². The van der Waals surface area contributed by atoms with Crippen LogP contribution in [0.25, 0.3) is 0 Å². The van der Waals surface area contributed by atoms with Crippen molar-refractivity contribution >= 4 is 31.9 Å². The topological polar surface area (TPSA) is 66.4 Å². The van der Waals surface area contributed by atoms with Crippen LogP contribution in [0.2, 0.25) is 0 Å². The molecule has 0 saturated heterocycles. The third kappa shape index (κ3) is 3.29. The van der Waals surface area contributed by atoms with E-state index in [0.717, 1.165) is 6.07 Å². The van der Waals surface area contributed by atoms with Crippen molar-refractivity contribution < 1.29 is 17.4 Å². The van der Waals surface area contributed by atoms with E-state index in [1.165, 1.54) is 12.1 Å². The smallest absolute Gasteiger partial charge is 0.269 e. The van der Waals surface area contributed by atoms with Crippen LogP contribution in [0.5, 0.6) is 0 Å². The summed E-state index contributed by atoms with van der Waals surface area (Å²) in [5.41, 5.74) is -0.300. The first-order valence-electron chi connectivity index (χ1n) is 3.09. The normalized spacial score (nSPS) is 11.3. The molecule has 13 heavy (non-hydrogen) atoms. The molecule has 0 atom stereocenters. The highest BCUT2D eigenvalue weighted by Crippen LogP contribution is 2.19. The summed E-state index contributed by atoms with van der Waals surface area (Å²) in [6.45, 7) is 0. The van der Waals surface area contributed by atoms with Gasteiger partial charge in [-0.2, -0.15) is 8.42 Å². The molecule has 0 saturated carbocycles. The molecule has 1 aromatic carbocycles. The lowest BCUT2D eigenvalue weighted by molar-refractivity contribution is 0.489. The summed E-state index contributed by atoms with van der Waals surface area (Å²) in [4.78, 5) is 0. The van der Waals surface area contributed by atoms with E-state index in [4.69, 9.17) is 4.55 Å². The van der Waals surface area contributed by atoms with Crippen molar-refractivity contribution in [2.75, 3.05) is 4.72 Å². The number of benzene rings is 1. The number of hydrogen-bond donors (Lipinski definition) is 2. The van der Waals surface area contributed by atoms with Crippen molar-refractivity contribution in [1.82, 2.24) is 0 Å². The molecular weight excluding hydrogens is 265 g/mol. The Hall–Kier alpha value is -0.660. The van der Waals surface area contributed by atoms with Crippen molar-refractivity contribution in [2.24, 2.45) is 0 Å². The van der Waals surface area contributed by atoms with E-state index in [9.17, 15) is 12.8 Å². The minimum Gasteiger partial charge on any atom is -0.269 e. The third-order valence-corrected chi connectivity index (χ3v) is 2.14. The summed E-state index contributed by atoms with van der Waals surface area (Å²) in [5.74, 6) is -0.771. The molecule has 0 radical (unpaired) electrons. The maximum atomic E-state index is 12.9. The zero-order valence-electron chi connectivity index (χ0n) is 6.16. The zero-order valence-corrected chi connectivity index (χ0v) is 8.56. The average molecular weight is 270 g/mol. The Kier molecular flexibility index (Phi) is 2.89. The van der Waals surface area contributed by atoms with Gasteiger partial charge >= 0.3 is 10.3 Å². The lowest BCUT2D eigenvalue weighted by atomic mass is 10.3. The average Bonchev–Trinajstić information content (AvgIpc) is 1.93. The molecule has 72 valence electrons. The first-order chi connectivity index (χ1) is 5.88. The summed E-state index contributed by atoms with van der Waals surface area (Å²) in [6.07, 6.45) is 0. The Morgan fingerprint density at radius 3 is 2.54 bits per heavy atom. The maximum Gasteiger partial charge on any atom is 0.357 e. The molecule has 0 fully saturated rings. The van der Waals surface area contributed by atoms with Crippen LogP contribution in [0.1, 0.15) is 0 Å². The highest BCUT2D eigenvalue weighted by molar-refractivity contribution is 9.10. The Morgan fingerprint density at radius 2 is 2.08 bits per heavy atom. The summed E-state index contributed by atoms with van der Waals surface area (Å²) in [6, 6.07) is 3.71. The van der Waals surface area contributed by atoms with Crippen LogP contribution in [-0.2, 0) is 10.3 Å². The standard InChI is InChI=1S/C6H5BrFNO3S/c7-4-1-2-6(5(8)3-4)9-13(10,11)12/h1-3,9H,(H,10,11,12). The van der Waals surface area contributed by atoms with Gasteiger partial charge in [-0.1, -0.05) is 15.9 Å². The molecule has 0 aliphatic carbocycles. The molecular formula is C6H5BrFNO3S. The first kappa shape index (κ1) is 10.4. The highest BCUT2D eigenvalue weighted by atomic mass is 79.9. The van der Waals surface area contributed by atoms with Gasteiger partial charge in [-0.05, 0) is 18.2 Å². The van der Waals surface area contributed by atoms with E-state index in [1.807, 2.05) is 0 Å². The van der Waals surface area contributed by atoms with Crippen LogP contribution in [0.4, 0.5) is 10.1 Å². The molecule has 7 heteroatoms. The monoisotopic (exact) mass is 269 g/mol. The SMILES string of the molecule is O=S(=O)(O)Nc1ccc(Br)cc1F. The number of rotatable bonds is 2. The lowest BCUT2D eigenvalue weighted by Gasteiger charge is -2.03. The predicted octanol–water partition coefficient (Wildman–Crippen LogP) is 1.80. The summed E-state index contributed by atoms with van der Waals surface area (Å²) < 4.78 is 44.0. The molecule has 4 nitrogen and oxygen atoms in total. The summed E-state index contributed by atoms with van der Waals surface area (Å²) in [7, 11) is -4.42. The number of nitrogens with one attached hydrogen (secondary N) is 1. The largest absolute Gasteiger partial charge is 0.357 e. The van der Waals surface area contributed by atoms with Crippen LogP contribution < -0.4 is 4.72 Å². The number of halogens is 2. The predicted molar refractivity (Wildman–Crippen MR) is 49.3 cm³/mol. The Bertz CT molecular complexity index is 420. The van der Waals surface area contributed by atoms with Crippen LogP contribution in [0, 0.1) is 5.82 Å². The fourth-order valence-corrected chi connectivity index (χ4v) is 1.49. The molecule has 0 spiro atoms. The molecule has 0 heterocycles. The zero-order chi connectivity index (χ0) is 10.1. The maximum absolute atomic E-state index is 12.9. The van der Waals surface area contributed by atoms with Gasteiger partial charge in [0.1, 0.15) is 5.82 Å². The molecule has 0 aliphatic rings. The Balaban J connectivity index is 3.04. The third-order valence-electron chi connectivity index (χ3n) is 1.17. The van der Waals surface area contributed by atoms with Crippen LogP contribution >= 0.6 is 15.9 Å². The molecule has 0 aromatic heterocycles. The fourth-order valence-electron chi connectivity index (χ4n) is 0.711. The van der Waals surface area contributed by atoms with Crippen LogP contribution in [0.15, 0.2) is 22.7 Å². The number of anilines is 1. The van der Waals surface area contributed by atoms with E-state index < -0.39 is 16.1 Å². The van der Waals surface area contributed by atoms with E-state index in [-0.39, 0.29) is 5.69 Å². The van der Waals surface area contributed by atoms with E-state index in [2.05, 4.69) is 15.9 Å². The van der Waals surface area contributed by atoms with Gasteiger partial charge in [0.15, 0.2) is 0 Å². The molecule has 0 aliphatic heterocycles. The van der Waals surface area contributed by atoms with Crippen molar-refractivity contribution in [1.29, 1.82) is 0 Å². The highest BCUT2D eigenvalue weighted by Gasteiger charge is 2.08. The molecule has 0 bridgehead atoms. The van der Waals surface area contributed by atoms with Gasteiger partial charge in [0.05, 0.1) is 5.69 Å². The first-order valence-corrected chi connectivity index (χ1v) is 5.32. The minimum absolute atomic E-state index is 0.300. The second-order valence-corrected chi connectivity index (χ2v) is 4.27. The van der Waals surface area contributed by atoms with Gasteiger partial charge in [0.2, 0.25) is 0 Å². The second-order valence-electron chi connectivity index (χ2n) is 2.20. The van der Waals surface area contributed by atoms with Crippen LogP contribution in [-0.4, -0.2) is 13.0 Å². The molecule has 2 N–H and O–H groups in total. The van der Waals surface area contributed by atoms with Gasteiger partial charge < -0.3 is 0 Å². The van der Waals surface area contributed by atoms with Gasteiger partial charge in [0.25, 0.3) is 0 Å². The van der Waals surface area contributed by atoms with Gasteiger partial charge in [-0.15, -0.1) is 0 Å². The van der Waals surface area contributed by atoms with Crippen LogP contribution in [0.3, 0.4) is 0 Å².